The standard InChI is InChI=1S/C27H30F3N7O3S/c1-16(2)24(31)21-10-9-17-5-3-8-22(25(17)33-21)36-15-19(34-35-36)14-23-26(38)32-11-12-37(23)41(39,40)20-7-4-6-18(13-20)27(28,29)30/h4,6-7,9-13,15-16,22-24H,3,5,8,14,31H2,1-2H3,(H,32,38). The zero-order chi connectivity index (χ0) is 29.5. The summed E-state index contributed by atoms with van der Waals surface area (Å²) in [5, 5.41) is 10.9. The van der Waals surface area contributed by atoms with Gasteiger partial charge in [-0.05, 0) is 55.0 Å². The van der Waals surface area contributed by atoms with E-state index in [9.17, 15) is 26.4 Å². The first-order valence-corrected chi connectivity index (χ1v) is 14.6. The van der Waals surface area contributed by atoms with Gasteiger partial charge in [-0.1, -0.05) is 31.2 Å². The molecule has 0 fully saturated rings. The summed E-state index contributed by atoms with van der Waals surface area (Å²) < 4.78 is 69.0. The molecule has 1 aromatic carbocycles. The van der Waals surface area contributed by atoms with Gasteiger partial charge in [-0.15, -0.1) is 5.10 Å². The minimum Gasteiger partial charge on any atom is -0.329 e. The van der Waals surface area contributed by atoms with Gasteiger partial charge in [-0.3, -0.25) is 14.1 Å². The number of aryl methyl sites for hydroxylation is 1. The average Bonchev–Trinajstić information content (AvgIpc) is 3.41. The number of aromatic nitrogens is 4. The van der Waals surface area contributed by atoms with Crippen molar-refractivity contribution in [3.63, 3.8) is 0 Å². The van der Waals surface area contributed by atoms with Crippen LogP contribution in [0.5, 0.6) is 0 Å². The number of amides is 1. The van der Waals surface area contributed by atoms with Crippen LogP contribution in [0.1, 0.15) is 67.0 Å². The van der Waals surface area contributed by atoms with E-state index in [2.05, 4.69) is 15.6 Å². The lowest BCUT2D eigenvalue weighted by Gasteiger charge is -2.31. The number of carbonyl (C=O) groups excluding carboxylic acids is 1. The molecule has 0 bridgehead atoms. The van der Waals surface area contributed by atoms with Crippen LogP contribution in [0.3, 0.4) is 0 Å². The van der Waals surface area contributed by atoms with Crippen LogP contribution in [0.15, 0.2) is 59.9 Å². The molecule has 3 unspecified atom stereocenters. The minimum atomic E-state index is -4.73. The van der Waals surface area contributed by atoms with Gasteiger partial charge in [0.1, 0.15) is 6.04 Å². The maximum absolute atomic E-state index is 13.4. The van der Waals surface area contributed by atoms with Gasteiger partial charge >= 0.3 is 6.18 Å². The van der Waals surface area contributed by atoms with Crippen molar-refractivity contribution in [2.24, 2.45) is 11.7 Å². The molecule has 0 radical (unpaired) electrons. The molecular weight excluding hydrogens is 559 g/mol. The number of alkyl halides is 3. The van der Waals surface area contributed by atoms with Gasteiger partial charge in [0.15, 0.2) is 0 Å². The molecule has 2 aliphatic rings. The Labute approximate surface area is 235 Å². The highest BCUT2D eigenvalue weighted by Gasteiger charge is 2.38. The molecule has 1 aliphatic carbocycles. The summed E-state index contributed by atoms with van der Waals surface area (Å²) in [7, 11) is -4.51. The molecule has 3 N–H and O–H groups in total. The fourth-order valence-corrected chi connectivity index (χ4v) is 6.57. The van der Waals surface area contributed by atoms with Crippen LogP contribution >= 0.6 is 0 Å². The molecule has 1 amide bonds. The summed E-state index contributed by atoms with van der Waals surface area (Å²) in [6, 6.07) is 5.66. The predicted octanol–water partition coefficient (Wildman–Crippen LogP) is 3.48. The van der Waals surface area contributed by atoms with Gasteiger partial charge in [-0.25, -0.2) is 13.1 Å². The molecule has 218 valence electrons. The number of hydrogen-bond acceptors (Lipinski definition) is 7. The topological polar surface area (TPSA) is 136 Å². The van der Waals surface area contributed by atoms with Crippen LogP contribution < -0.4 is 11.1 Å². The van der Waals surface area contributed by atoms with Crippen molar-refractivity contribution in [3.05, 3.63) is 83.2 Å². The van der Waals surface area contributed by atoms with E-state index in [1.165, 1.54) is 0 Å². The Morgan fingerprint density at radius 1 is 1.20 bits per heavy atom. The molecule has 3 atom stereocenters. The highest BCUT2D eigenvalue weighted by molar-refractivity contribution is 7.89. The highest BCUT2D eigenvalue weighted by atomic mass is 32.2. The summed E-state index contributed by atoms with van der Waals surface area (Å²) in [6.07, 6.45) is 1.55. The highest BCUT2D eigenvalue weighted by Crippen LogP contribution is 2.34. The number of nitrogens with zero attached hydrogens (tertiary/aromatic N) is 5. The number of nitrogens with one attached hydrogen (secondary N) is 1. The number of benzene rings is 1. The van der Waals surface area contributed by atoms with E-state index >= 15 is 0 Å². The molecule has 0 saturated heterocycles. The van der Waals surface area contributed by atoms with Gasteiger partial charge in [-0.2, -0.15) is 13.2 Å². The van der Waals surface area contributed by atoms with Gasteiger partial charge in [0.05, 0.1) is 33.6 Å². The molecule has 10 nitrogen and oxygen atoms in total. The summed E-state index contributed by atoms with van der Waals surface area (Å²) in [4.78, 5) is 17.1. The average molecular weight is 590 g/mol. The number of sulfonamides is 1. The lowest BCUT2D eigenvalue weighted by atomic mass is 9.90. The van der Waals surface area contributed by atoms with E-state index in [1.54, 1.807) is 10.9 Å². The summed E-state index contributed by atoms with van der Waals surface area (Å²) in [5.41, 5.74) is 8.31. The van der Waals surface area contributed by atoms with Crippen molar-refractivity contribution >= 4 is 15.9 Å². The molecule has 0 spiro atoms. The summed E-state index contributed by atoms with van der Waals surface area (Å²) in [6.45, 7) is 4.06. The van der Waals surface area contributed by atoms with Crippen molar-refractivity contribution in [2.75, 3.05) is 0 Å². The summed E-state index contributed by atoms with van der Waals surface area (Å²) >= 11 is 0. The van der Waals surface area contributed by atoms with Crippen molar-refractivity contribution in [1.29, 1.82) is 0 Å². The molecule has 3 heterocycles. The fourth-order valence-electron chi connectivity index (χ4n) is 5.08. The van der Waals surface area contributed by atoms with E-state index in [1.807, 2.05) is 26.0 Å². The SMILES string of the molecule is CC(C)C(N)c1ccc2c(n1)C(n1cc(CC3C(=O)NC=CN3S(=O)(=O)c3cccc(C(F)(F)F)c3)nn1)CCC2. The first-order chi connectivity index (χ1) is 19.4. The van der Waals surface area contributed by atoms with E-state index in [-0.39, 0.29) is 24.4 Å². The Morgan fingerprint density at radius 3 is 2.71 bits per heavy atom. The Hall–Kier alpha value is -3.78. The molecule has 1 aliphatic heterocycles. The molecule has 0 saturated carbocycles. The third-order valence-electron chi connectivity index (χ3n) is 7.41. The van der Waals surface area contributed by atoms with E-state index in [4.69, 9.17) is 10.7 Å². The first kappa shape index (κ1) is 28.7. The van der Waals surface area contributed by atoms with Gasteiger partial charge in [0.2, 0.25) is 5.91 Å². The second-order valence-corrected chi connectivity index (χ2v) is 12.4. The second kappa shape index (κ2) is 10.9. The molecule has 5 rings (SSSR count). The van der Waals surface area contributed by atoms with Crippen LogP contribution in [0.4, 0.5) is 13.2 Å². The van der Waals surface area contributed by atoms with Gasteiger partial charge < -0.3 is 11.1 Å². The van der Waals surface area contributed by atoms with Crippen molar-refractivity contribution in [1.82, 2.24) is 29.6 Å². The Balaban J connectivity index is 1.42. The van der Waals surface area contributed by atoms with E-state index < -0.39 is 38.6 Å². The number of halogens is 3. The number of carbonyl (C=O) groups is 1. The van der Waals surface area contributed by atoms with Gasteiger partial charge in [0.25, 0.3) is 10.0 Å². The zero-order valence-electron chi connectivity index (χ0n) is 22.4. The van der Waals surface area contributed by atoms with Crippen molar-refractivity contribution in [3.8, 4) is 0 Å². The number of pyridine rings is 1. The molecule has 2 aromatic heterocycles. The fraction of sp³-hybridized carbons (Fsp3) is 0.407. The number of rotatable bonds is 7. The lowest BCUT2D eigenvalue weighted by molar-refractivity contribution is -0.137. The number of nitrogens with two attached hydrogens (primary N) is 1. The zero-order valence-corrected chi connectivity index (χ0v) is 23.2. The predicted molar refractivity (Wildman–Crippen MR) is 142 cm³/mol. The molecule has 41 heavy (non-hydrogen) atoms. The van der Waals surface area contributed by atoms with E-state index in [0.717, 1.165) is 71.1 Å². The minimum absolute atomic E-state index is 0.153. The first-order valence-electron chi connectivity index (χ1n) is 13.2. The van der Waals surface area contributed by atoms with Crippen LogP contribution in [-0.4, -0.2) is 44.6 Å². The third kappa shape index (κ3) is 5.71. The Bertz CT molecular complexity index is 1590. The van der Waals surface area contributed by atoms with Crippen molar-refractivity contribution in [2.45, 2.75) is 68.7 Å². The molecular formula is C27H30F3N7O3S. The van der Waals surface area contributed by atoms with Crippen LogP contribution in [0.25, 0.3) is 0 Å². The Kier molecular flexibility index (Phi) is 7.64. The van der Waals surface area contributed by atoms with Crippen LogP contribution in [0.2, 0.25) is 0 Å². The van der Waals surface area contributed by atoms with Crippen molar-refractivity contribution < 1.29 is 26.4 Å². The van der Waals surface area contributed by atoms with Crippen LogP contribution in [0, 0.1) is 5.92 Å². The quantitative estimate of drug-likeness (QED) is 0.431. The lowest BCUT2D eigenvalue weighted by Crippen LogP contribution is -2.50. The summed E-state index contributed by atoms with van der Waals surface area (Å²) in [5.74, 6) is -0.444. The Morgan fingerprint density at radius 2 is 1.98 bits per heavy atom. The largest absolute Gasteiger partial charge is 0.416 e. The molecule has 14 heteroatoms. The third-order valence-corrected chi connectivity index (χ3v) is 9.19. The number of fused-ring (bicyclic) bond motifs is 1. The second-order valence-electron chi connectivity index (χ2n) is 10.6. The maximum Gasteiger partial charge on any atom is 0.416 e. The smallest absolute Gasteiger partial charge is 0.329 e. The maximum atomic E-state index is 13.4. The monoisotopic (exact) mass is 589 g/mol. The normalized spacial score (nSPS) is 20.2. The van der Waals surface area contributed by atoms with Crippen LogP contribution in [-0.2, 0) is 33.8 Å². The molecule has 3 aromatic rings. The van der Waals surface area contributed by atoms with Gasteiger partial charge in [0, 0.05) is 31.1 Å². The number of hydrogen-bond donors (Lipinski definition) is 2. The van der Waals surface area contributed by atoms with E-state index in [0.29, 0.717) is 11.8 Å².